The quantitative estimate of drug-likeness (QED) is 0.587. The van der Waals surface area contributed by atoms with Crippen LogP contribution in [-0.2, 0) is 0 Å². The first-order valence-corrected chi connectivity index (χ1v) is 4.80. The maximum atomic E-state index is 10.4. The molecule has 1 heterocycles. The molecule has 2 atom stereocenters. The van der Waals surface area contributed by atoms with Gasteiger partial charge in [0.1, 0.15) is 6.20 Å². The average Bonchev–Trinajstić information content (AvgIpc) is 2.66. The molecule has 2 unspecified atom stereocenters. The summed E-state index contributed by atoms with van der Waals surface area (Å²) in [6.07, 6.45) is 1.29. The number of nitro groups is 1. The van der Waals surface area contributed by atoms with Gasteiger partial charge < -0.3 is 5.73 Å². The van der Waals surface area contributed by atoms with Crippen molar-refractivity contribution in [1.82, 2.24) is 4.98 Å². The summed E-state index contributed by atoms with van der Waals surface area (Å²) in [5.41, 5.74) is 6.82. The van der Waals surface area contributed by atoms with E-state index in [4.69, 9.17) is 5.73 Å². The molecule has 0 amide bonds. The maximum Gasteiger partial charge on any atom is 0.287 e. The van der Waals surface area contributed by atoms with E-state index in [9.17, 15) is 10.1 Å². The molecule has 1 aliphatic carbocycles. The monoisotopic (exact) mass is 207 g/mol. The highest BCUT2D eigenvalue weighted by atomic mass is 16.6. The Bertz CT molecular complexity index is 400. The van der Waals surface area contributed by atoms with E-state index >= 15 is 0 Å². The number of nitrogens with two attached hydrogens (primary N) is 1. The Labute approximate surface area is 87.5 Å². The van der Waals surface area contributed by atoms with Gasteiger partial charge in [0.2, 0.25) is 0 Å². The van der Waals surface area contributed by atoms with Crippen LogP contribution in [0.4, 0.5) is 5.69 Å². The highest BCUT2D eigenvalue weighted by Gasteiger charge is 2.57. The zero-order chi connectivity index (χ0) is 11.2. The Kier molecular flexibility index (Phi) is 2.01. The Morgan fingerprint density at radius 1 is 1.53 bits per heavy atom. The molecule has 0 aromatic carbocycles. The standard InChI is InChI=1S/C10H13N3O2/c1-10(2)8(9(10)11)7-4-3-6(5-12-7)13(14)15/h3-5,8-9H,11H2,1-2H3. The normalized spacial score (nSPS) is 27.4. The third-order valence-electron chi connectivity index (χ3n) is 3.21. The van der Waals surface area contributed by atoms with Crippen molar-refractivity contribution in [3.05, 3.63) is 34.1 Å². The van der Waals surface area contributed by atoms with Gasteiger partial charge in [-0.1, -0.05) is 13.8 Å². The average molecular weight is 207 g/mol. The van der Waals surface area contributed by atoms with E-state index in [-0.39, 0.29) is 23.1 Å². The second kappa shape index (κ2) is 3.00. The van der Waals surface area contributed by atoms with E-state index in [1.165, 1.54) is 12.3 Å². The van der Waals surface area contributed by atoms with Crippen LogP contribution in [0.25, 0.3) is 0 Å². The summed E-state index contributed by atoms with van der Waals surface area (Å²) in [5, 5.41) is 10.4. The predicted molar refractivity (Wildman–Crippen MR) is 55.4 cm³/mol. The van der Waals surface area contributed by atoms with Gasteiger partial charge >= 0.3 is 0 Å². The maximum absolute atomic E-state index is 10.4. The Balaban J connectivity index is 2.23. The molecule has 2 N–H and O–H groups in total. The van der Waals surface area contributed by atoms with Crippen LogP contribution in [0.15, 0.2) is 18.3 Å². The Morgan fingerprint density at radius 2 is 2.13 bits per heavy atom. The van der Waals surface area contributed by atoms with Gasteiger partial charge in [-0.3, -0.25) is 15.1 Å². The topological polar surface area (TPSA) is 82.0 Å². The predicted octanol–water partition coefficient (Wildman–Crippen LogP) is 1.44. The van der Waals surface area contributed by atoms with E-state index < -0.39 is 4.92 Å². The molecule has 0 bridgehead atoms. The molecule has 0 radical (unpaired) electrons. The first-order valence-electron chi connectivity index (χ1n) is 4.80. The Hall–Kier alpha value is -1.49. The minimum absolute atomic E-state index is 0.0192. The summed E-state index contributed by atoms with van der Waals surface area (Å²) in [5.74, 6) is 0.221. The molecule has 2 rings (SSSR count). The van der Waals surface area contributed by atoms with Crippen LogP contribution < -0.4 is 5.73 Å². The summed E-state index contributed by atoms with van der Waals surface area (Å²) >= 11 is 0. The second-order valence-electron chi connectivity index (χ2n) is 4.52. The lowest BCUT2D eigenvalue weighted by Gasteiger charge is -2.00. The van der Waals surface area contributed by atoms with E-state index in [0.717, 1.165) is 5.69 Å². The highest BCUT2D eigenvalue weighted by molar-refractivity contribution is 5.34. The molecule has 15 heavy (non-hydrogen) atoms. The molecule has 0 saturated heterocycles. The molecule has 80 valence electrons. The third-order valence-corrected chi connectivity index (χ3v) is 3.21. The summed E-state index contributed by atoms with van der Waals surface area (Å²) < 4.78 is 0. The Morgan fingerprint density at radius 3 is 2.47 bits per heavy atom. The lowest BCUT2D eigenvalue weighted by Crippen LogP contribution is -2.06. The largest absolute Gasteiger partial charge is 0.327 e. The van der Waals surface area contributed by atoms with Crippen molar-refractivity contribution in [3.8, 4) is 0 Å². The minimum Gasteiger partial charge on any atom is -0.327 e. The van der Waals surface area contributed by atoms with Gasteiger partial charge in [0.25, 0.3) is 5.69 Å². The van der Waals surface area contributed by atoms with Crippen LogP contribution in [-0.4, -0.2) is 15.9 Å². The number of hydrogen-bond donors (Lipinski definition) is 1. The molecule has 5 nitrogen and oxygen atoms in total. The van der Waals surface area contributed by atoms with E-state index in [2.05, 4.69) is 18.8 Å². The van der Waals surface area contributed by atoms with E-state index in [1.807, 2.05) is 0 Å². The van der Waals surface area contributed by atoms with Gasteiger partial charge in [-0.2, -0.15) is 0 Å². The molecular formula is C10H13N3O2. The summed E-state index contributed by atoms with van der Waals surface area (Å²) in [7, 11) is 0. The number of aromatic nitrogens is 1. The first-order chi connectivity index (χ1) is 6.94. The molecule has 1 aromatic rings. The SMILES string of the molecule is CC1(C)C(N)C1c1ccc([N+](=O)[O-])cn1. The van der Waals surface area contributed by atoms with Crippen molar-refractivity contribution >= 4 is 5.69 Å². The zero-order valence-corrected chi connectivity index (χ0v) is 8.68. The van der Waals surface area contributed by atoms with Gasteiger partial charge in [0, 0.05) is 23.7 Å². The molecule has 1 fully saturated rings. The second-order valence-corrected chi connectivity index (χ2v) is 4.52. The fourth-order valence-corrected chi connectivity index (χ4v) is 1.93. The number of nitrogens with zero attached hydrogens (tertiary/aromatic N) is 2. The lowest BCUT2D eigenvalue weighted by molar-refractivity contribution is -0.385. The number of hydrogen-bond acceptors (Lipinski definition) is 4. The van der Waals surface area contributed by atoms with Crippen molar-refractivity contribution in [2.24, 2.45) is 11.1 Å². The van der Waals surface area contributed by atoms with Crippen LogP contribution in [0.2, 0.25) is 0 Å². The number of pyridine rings is 1. The minimum atomic E-state index is -0.450. The lowest BCUT2D eigenvalue weighted by atomic mass is 10.1. The molecule has 5 heteroatoms. The van der Waals surface area contributed by atoms with Gasteiger partial charge in [-0.25, -0.2) is 0 Å². The first kappa shape index (κ1) is 10.0. The summed E-state index contributed by atoms with van der Waals surface area (Å²) in [4.78, 5) is 14.1. The molecule has 0 spiro atoms. The molecular weight excluding hydrogens is 194 g/mol. The fourth-order valence-electron chi connectivity index (χ4n) is 1.93. The third kappa shape index (κ3) is 1.48. The van der Waals surface area contributed by atoms with Crippen molar-refractivity contribution in [2.75, 3.05) is 0 Å². The van der Waals surface area contributed by atoms with Gasteiger partial charge in [-0.15, -0.1) is 0 Å². The molecule has 1 aromatic heterocycles. The van der Waals surface area contributed by atoms with Crippen molar-refractivity contribution in [2.45, 2.75) is 25.8 Å². The summed E-state index contributed by atoms with van der Waals surface area (Å²) in [6.45, 7) is 4.15. The molecule has 1 saturated carbocycles. The van der Waals surface area contributed by atoms with Gasteiger partial charge in [-0.05, 0) is 11.5 Å². The molecule has 1 aliphatic rings. The van der Waals surface area contributed by atoms with Crippen molar-refractivity contribution in [1.29, 1.82) is 0 Å². The van der Waals surface area contributed by atoms with E-state index in [0.29, 0.717) is 0 Å². The number of rotatable bonds is 2. The molecule has 0 aliphatic heterocycles. The van der Waals surface area contributed by atoms with Crippen LogP contribution in [0.1, 0.15) is 25.5 Å². The van der Waals surface area contributed by atoms with Crippen molar-refractivity contribution in [3.63, 3.8) is 0 Å². The van der Waals surface area contributed by atoms with Gasteiger partial charge in [0.15, 0.2) is 0 Å². The summed E-state index contributed by atoms with van der Waals surface area (Å²) in [6, 6.07) is 3.27. The van der Waals surface area contributed by atoms with Gasteiger partial charge in [0.05, 0.1) is 4.92 Å². The van der Waals surface area contributed by atoms with Crippen LogP contribution in [0.3, 0.4) is 0 Å². The van der Waals surface area contributed by atoms with Crippen LogP contribution in [0, 0.1) is 15.5 Å². The zero-order valence-electron chi connectivity index (χ0n) is 8.68. The van der Waals surface area contributed by atoms with Crippen molar-refractivity contribution < 1.29 is 4.92 Å². The highest BCUT2D eigenvalue weighted by Crippen LogP contribution is 2.56. The van der Waals surface area contributed by atoms with Crippen LogP contribution in [0.5, 0.6) is 0 Å². The van der Waals surface area contributed by atoms with Crippen LogP contribution >= 0.6 is 0 Å². The fraction of sp³-hybridized carbons (Fsp3) is 0.500. The van der Waals surface area contributed by atoms with E-state index in [1.54, 1.807) is 6.07 Å². The smallest absolute Gasteiger partial charge is 0.287 e.